The number of aryl methyl sites for hydroxylation is 1. The lowest BCUT2D eigenvalue weighted by atomic mass is 9.82. The minimum atomic E-state index is -0.820. The van der Waals surface area contributed by atoms with E-state index in [-0.39, 0.29) is 12.0 Å². The molecule has 2 nitrogen and oxygen atoms in total. The van der Waals surface area contributed by atoms with Crippen LogP contribution in [-0.4, -0.2) is 0 Å². The summed E-state index contributed by atoms with van der Waals surface area (Å²) in [6, 6.07) is 6.68. The van der Waals surface area contributed by atoms with Gasteiger partial charge in [-0.15, -0.1) is 6.58 Å². The molecule has 0 saturated carbocycles. The smallest absolute Gasteiger partial charge is 0.205 e. The van der Waals surface area contributed by atoms with E-state index in [1.165, 1.54) is 6.07 Å². The average molecular weight is 297 g/mol. The SMILES string of the molecule is C=CC1c2cc(F)c(C#N)c(F)c2-c2cc(C)cc[n+]2C1C. The van der Waals surface area contributed by atoms with Crippen LogP contribution in [0.3, 0.4) is 0 Å². The summed E-state index contributed by atoms with van der Waals surface area (Å²) in [5.74, 6) is -1.83. The first kappa shape index (κ1) is 14.4. The summed E-state index contributed by atoms with van der Waals surface area (Å²) in [5.41, 5.74) is 1.94. The van der Waals surface area contributed by atoms with Crippen LogP contribution in [0.2, 0.25) is 0 Å². The molecule has 1 aliphatic heterocycles. The largest absolute Gasteiger partial charge is 0.216 e. The second kappa shape index (κ2) is 5.03. The number of halogens is 2. The van der Waals surface area contributed by atoms with Crippen molar-refractivity contribution in [1.82, 2.24) is 0 Å². The van der Waals surface area contributed by atoms with Crippen molar-refractivity contribution in [2.75, 3.05) is 0 Å². The Hall–Kier alpha value is -2.54. The normalized spacial score (nSPS) is 19.0. The first-order chi connectivity index (χ1) is 10.5. The predicted molar refractivity (Wildman–Crippen MR) is 79.1 cm³/mol. The molecule has 1 aromatic carbocycles. The lowest BCUT2D eigenvalue weighted by Crippen LogP contribution is -2.46. The van der Waals surface area contributed by atoms with Gasteiger partial charge in [0.25, 0.3) is 0 Å². The lowest BCUT2D eigenvalue weighted by Gasteiger charge is -2.27. The molecule has 3 rings (SSSR count). The number of allylic oxidation sites excluding steroid dienone is 1. The van der Waals surface area contributed by atoms with Gasteiger partial charge in [-0.2, -0.15) is 9.83 Å². The maximum absolute atomic E-state index is 14.8. The van der Waals surface area contributed by atoms with Crippen molar-refractivity contribution in [2.45, 2.75) is 25.8 Å². The van der Waals surface area contributed by atoms with Gasteiger partial charge in [-0.3, -0.25) is 0 Å². The third-order valence-electron chi connectivity index (χ3n) is 4.33. The molecular formula is C18H15F2N2+. The van der Waals surface area contributed by atoms with E-state index in [9.17, 15) is 8.78 Å². The fourth-order valence-corrected chi connectivity index (χ4v) is 3.19. The number of pyridine rings is 1. The van der Waals surface area contributed by atoms with Gasteiger partial charge in [0.15, 0.2) is 18.1 Å². The van der Waals surface area contributed by atoms with Crippen molar-refractivity contribution in [3.63, 3.8) is 0 Å². The van der Waals surface area contributed by atoms with Crippen LogP contribution in [0.1, 0.15) is 35.6 Å². The molecule has 2 aromatic rings. The second-order valence-electron chi connectivity index (χ2n) is 5.62. The molecule has 0 bridgehead atoms. The van der Waals surface area contributed by atoms with E-state index in [0.29, 0.717) is 16.8 Å². The minimum absolute atomic E-state index is 0.00710. The number of aromatic nitrogens is 1. The first-order valence-electron chi connectivity index (χ1n) is 7.06. The summed E-state index contributed by atoms with van der Waals surface area (Å²) in [6.07, 6.45) is 3.59. The molecule has 1 aliphatic rings. The lowest BCUT2D eigenvalue weighted by molar-refractivity contribution is -0.713. The minimum Gasteiger partial charge on any atom is -0.205 e. The highest BCUT2D eigenvalue weighted by atomic mass is 19.1. The maximum atomic E-state index is 14.8. The molecule has 1 aromatic heterocycles. The van der Waals surface area contributed by atoms with Crippen LogP contribution in [0.25, 0.3) is 11.3 Å². The summed E-state index contributed by atoms with van der Waals surface area (Å²) < 4.78 is 30.7. The van der Waals surface area contributed by atoms with Crippen molar-refractivity contribution in [1.29, 1.82) is 5.26 Å². The summed E-state index contributed by atoms with van der Waals surface area (Å²) >= 11 is 0. The highest BCUT2D eigenvalue weighted by molar-refractivity contribution is 5.68. The van der Waals surface area contributed by atoms with E-state index < -0.39 is 17.2 Å². The number of nitriles is 1. The molecule has 0 saturated heterocycles. The molecule has 2 atom stereocenters. The molecule has 22 heavy (non-hydrogen) atoms. The Morgan fingerprint density at radius 2 is 2.09 bits per heavy atom. The summed E-state index contributed by atoms with van der Waals surface area (Å²) in [5, 5.41) is 9.02. The molecule has 0 fully saturated rings. The van der Waals surface area contributed by atoms with E-state index >= 15 is 0 Å². The van der Waals surface area contributed by atoms with Crippen LogP contribution in [0.4, 0.5) is 8.78 Å². The van der Waals surface area contributed by atoms with E-state index in [1.807, 2.05) is 36.7 Å². The van der Waals surface area contributed by atoms with Crippen molar-refractivity contribution < 1.29 is 13.3 Å². The molecule has 0 aliphatic carbocycles. The average Bonchev–Trinajstić information content (AvgIpc) is 2.47. The van der Waals surface area contributed by atoms with Crippen molar-refractivity contribution >= 4 is 0 Å². The van der Waals surface area contributed by atoms with Crippen molar-refractivity contribution in [3.8, 4) is 17.3 Å². The summed E-state index contributed by atoms with van der Waals surface area (Å²) in [6.45, 7) is 7.71. The van der Waals surface area contributed by atoms with Crippen LogP contribution in [0.15, 0.2) is 37.1 Å². The first-order valence-corrected chi connectivity index (χ1v) is 7.06. The number of rotatable bonds is 1. The fraction of sp³-hybridized carbons (Fsp3) is 0.222. The van der Waals surface area contributed by atoms with Crippen molar-refractivity contribution in [3.05, 3.63) is 65.4 Å². The third kappa shape index (κ3) is 1.86. The zero-order valence-electron chi connectivity index (χ0n) is 12.4. The molecule has 0 radical (unpaired) electrons. The predicted octanol–water partition coefficient (Wildman–Crippen LogP) is 3.94. The van der Waals surface area contributed by atoms with E-state index in [1.54, 1.807) is 12.1 Å². The van der Waals surface area contributed by atoms with Crippen LogP contribution >= 0.6 is 0 Å². The molecular weight excluding hydrogens is 282 g/mol. The molecule has 0 spiro atoms. The Balaban J connectivity index is 2.45. The quantitative estimate of drug-likeness (QED) is 0.578. The molecule has 4 heteroatoms. The molecule has 2 heterocycles. The van der Waals surface area contributed by atoms with Gasteiger partial charge in [0.1, 0.15) is 17.4 Å². The third-order valence-corrected chi connectivity index (χ3v) is 4.33. The summed E-state index contributed by atoms with van der Waals surface area (Å²) in [7, 11) is 0. The highest BCUT2D eigenvalue weighted by Crippen LogP contribution is 2.41. The fourth-order valence-electron chi connectivity index (χ4n) is 3.19. The number of hydrogen-bond acceptors (Lipinski definition) is 1. The van der Waals surface area contributed by atoms with Gasteiger partial charge in [0, 0.05) is 12.1 Å². The Bertz CT molecular complexity index is 834. The number of benzene rings is 1. The van der Waals surface area contributed by atoms with E-state index in [0.717, 1.165) is 5.56 Å². The molecule has 0 N–H and O–H groups in total. The van der Waals surface area contributed by atoms with Crippen LogP contribution in [0, 0.1) is 29.9 Å². The maximum Gasteiger partial charge on any atom is 0.216 e. The Kier molecular flexibility index (Phi) is 3.29. The monoisotopic (exact) mass is 297 g/mol. The van der Waals surface area contributed by atoms with Gasteiger partial charge in [0.2, 0.25) is 5.69 Å². The second-order valence-corrected chi connectivity index (χ2v) is 5.62. The van der Waals surface area contributed by atoms with Gasteiger partial charge in [-0.25, -0.2) is 8.78 Å². The topological polar surface area (TPSA) is 27.7 Å². The van der Waals surface area contributed by atoms with E-state index in [4.69, 9.17) is 5.26 Å². The van der Waals surface area contributed by atoms with Crippen LogP contribution < -0.4 is 4.57 Å². The zero-order chi connectivity index (χ0) is 16.0. The Morgan fingerprint density at radius 3 is 2.73 bits per heavy atom. The zero-order valence-corrected chi connectivity index (χ0v) is 12.4. The van der Waals surface area contributed by atoms with Gasteiger partial charge >= 0.3 is 0 Å². The summed E-state index contributed by atoms with van der Waals surface area (Å²) in [4.78, 5) is 0. The van der Waals surface area contributed by atoms with Gasteiger partial charge in [0.05, 0.1) is 11.5 Å². The van der Waals surface area contributed by atoms with Crippen molar-refractivity contribution in [2.24, 2.45) is 0 Å². The number of hydrogen-bond donors (Lipinski definition) is 0. The van der Waals surface area contributed by atoms with Crippen LogP contribution in [-0.2, 0) is 0 Å². The van der Waals surface area contributed by atoms with Crippen LogP contribution in [0.5, 0.6) is 0 Å². The molecule has 0 amide bonds. The van der Waals surface area contributed by atoms with Gasteiger partial charge in [-0.1, -0.05) is 6.08 Å². The Labute approximate surface area is 128 Å². The number of nitrogens with zero attached hydrogens (tertiary/aromatic N) is 2. The standard InChI is InChI=1S/C18H15F2N2/c1-4-12-11(3)22-6-5-10(2)7-16(22)17-13(12)8-15(19)14(9-21)18(17)20/h4-8,11-12H,1H2,2-3H3/q+1. The molecule has 2 unspecified atom stereocenters. The highest BCUT2D eigenvalue weighted by Gasteiger charge is 2.39. The van der Waals surface area contributed by atoms with Gasteiger partial charge in [-0.05, 0) is 31.0 Å². The number of fused-ring (bicyclic) bond motifs is 3. The van der Waals surface area contributed by atoms with E-state index in [2.05, 4.69) is 6.58 Å². The Morgan fingerprint density at radius 1 is 1.36 bits per heavy atom. The van der Waals surface area contributed by atoms with Gasteiger partial charge < -0.3 is 0 Å². The molecule has 110 valence electrons.